The summed E-state index contributed by atoms with van der Waals surface area (Å²) in [4.78, 5) is 60.2. The lowest BCUT2D eigenvalue weighted by Crippen LogP contribution is -2.49. The van der Waals surface area contributed by atoms with Crippen LogP contribution >= 0.6 is 0 Å². The predicted octanol–water partition coefficient (Wildman–Crippen LogP) is 6.59. The van der Waals surface area contributed by atoms with Gasteiger partial charge in [-0.1, -0.05) is 48.0 Å². The summed E-state index contributed by atoms with van der Waals surface area (Å²) in [6.45, 7) is 1.77. The molecule has 6 atom stereocenters. The highest BCUT2D eigenvalue weighted by Crippen LogP contribution is 2.65. The van der Waals surface area contributed by atoms with Crippen LogP contribution in [0.4, 0.5) is 22.7 Å². The molecule has 0 spiro atoms. The van der Waals surface area contributed by atoms with E-state index in [1.54, 1.807) is 49.4 Å². The van der Waals surface area contributed by atoms with Gasteiger partial charge in [-0.3, -0.25) is 24.1 Å². The van der Waals surface area contributed by atoms with Gasteiger partial charge < -0.3 is 19.9 Å². The van der Waals surface area contributed by atoms with E-state index in [9.17, 15) is 24.3 Å². The molecule has 2 aliphatic carbocycles. The quantitative estimate of drug-likeness (QED) is 0.165. The Balaban J connectivity index is 1.21. The Hall–Kier alpha value is -5.90. The number of imide groups is 2. The van der Waals surface area contributed by atoms with Crippen molar-refractivity contribution in [1.82, 2.24) is 0 Å². The van der Waals surface area contributed by atoms with Crippen LogP contribution in [-0.2, 0) is 19.2 Å². The van der Waals surface area contributed by atoms with Crippen molar-refractivity contribution in [2.24, 2.45) is 29.1 Å². The number of nitrogens with one attached hydrogen (secondary N) is 1. The molecule has 4 aliphatic rings. The highest BCUT2D eigenvalue weighted by molar-refractivity contribution is 6.25. The fourth-order valence-electron chi connectivity index (χ4n) is 8.95. The first-order valence-corrected chi connectivity index (χ1v) is 17.1. The third-order valence-corrected chi connectivity index (χ3v) is 11.3. The summed E-state index contributed by atoms with van der Waals surface area (Å²) in [7, 11) is 2.95. The largest absolute Gasteiger partial charge is 0.507 e. The van der Waals surface area contributed by atoms with Gasteiger partial charge in [0.05, 0.1) is 48.8 Å². The molecule has 4 amide bonds. The van der Waals surface area contributed by atoms with E-state index in [1.807, 2.05) is 54.6 Å². The van der Waals surface area contributed by atoms with E-state index >= 15 is 0 Å². The number of carbonyl (C=O) groups is 4. The van der Waals surface area contributed by atoms with Gasteiger partial charge in [-0.25, -0.2) is 4.90 Å². The van der Waals surface area contributed by atoms with E-state index in [-0.39, 0.29) is 36.3 Å². The van der Waals surface area contributed by atoms with Crippen LogP contribution in [0.15, 0.2) is 109 Å². The normalized spacial score (nSPS) is 26.7. The molecule has 2 heterocycles. The molecule has 0 radical (unpaired) electrons. The number of ether oxygens (including phenoxy) is 2. The number of benzene rings is 4. The number of carbonyl (C=O) groups excluding carboxylic acids is 4. The van der Waals surface area contributed by atoms with Crippen LogP contribution in [0.25, 0.3) is 0 Å². The molecule has 2 N–H and O–H groups in total. The summed E-state index contributed by atoms with van der Waals surface area (Å²) in [5.74, 6) is -4.54. The number of phenolic OH excluding ortho intramolecular Hbond substituents is 1. The lowest BCUT2D eigenvalue weighted by molar-refractivity contribution is -0.131. The molecule has 4 aromatic rings. The minimum atomic E-state index is -1.34. The van der Waals surface area contributed by atoms with Gasteiger partial charge in [0.1, 0.15) is 17.2 Å². The number of anilines is 4. The second-order valence-electron chi connectivity index (χ2n) is 13.8. The summed E-state index contributed by atoms with van der Waals surface area (Å²) in [5, 5.41) is 14.9. The number of methoxy groups -OCH3 is 2. The number of rotatable bonds is 7. The van der Waals surface area contributed by atoms with Crippen molar-refractivity contribution in [3.63, 3.8) is 0 Å². The van der Waals surface area contributed by atoms with Crippen molar-refractivity contribution in [3.05, 3.63) is 114 Å². The molecular formula is C41H37N3O7. The van der Waals surface area contributed by atoms with Crippen LogP contribution in [0.5, 0.6) is 17.2 Å². The molecule has 0 bridgehead atoms. The van der Waals surface area contributed by atoms with Gasteiger partial charge in [-0.05, 0) is 74.2 Å². The van der Waals surface area contributed by atoms with Crippen molar-refractivity contribution >= 4 is 46.4 Å². The van der Waals surface area contributed by atoms with Gasteiger partial charge in [0.15, 0.2) is 0 Å². The standard InChI is InChI=1S/C41H37N3O7/c1-41-31(38(47)44(40(41)49)25-12-8-5-9-13-25)22-30-28(36(41)35-32(45)20-27(50-2)21-33(35)51-3)18-19-29-34(30)39(48)43(37(29)46)26-16-14-24(15-17-26)42-23-10-6-4-7-11-23/h4-18,20-21,29-31,34,36,42,45H,19,22H2,1-3H3/t29-,30+,31-,34-,36+,41+/m0/s1. The van der Waals surface area contributed by atoms with Crippen LogP contribution in [0.2, 0.25) is 0 Å². The molecule has 0 unspecified atom stereocenters. The molecule has 1 saturated carbocycles. The molecule has 10 nitrogen and oxygen atoms in total. The number of aromatic hydroxyl groups is 1. The smallest absolute Gasteiger partial charge is 0.241 e. The topological polar surface area (TPSA) is 125 Å². The third-order valence-electron chi connectivity index (χ3n) is 11.3. The zero-order valence-electron chi connectivity index (χ0n) is 28.4. The molecular weight excluding hydrogens is 646 g/mol. The van der Waals surface area contributed by atoms with Gasteiger partial charge in [0.2, 0.25) is 23.6 Å². The lowest BCUT2D eigenvalue weighted by Gasteiger charge is -2.49. The summed E-state index contributed by atoms with van der Waals surface area (Å²) in [6, 6.07) is 28.8. The Morgan fingerprint density at radius 2 is 1.39 bits per heavy atom. The Bertz CT molecular complexity index is 2100. The van der Waals surface area contributed by atoms with Crippen molar-refractivity contribution in [3.8, 4) is 17.2 Å². The number of para-hydroxylation sites is 2. The predicted molar refractivity (Wildman–Crippen MR) is 191 cm³/mol. The second kappa shape index (κ2) is 12.2. The van der Waals surface area contributed by atoms with Crippen molar-refractivity contribution in [2.45, 2.75) is 25.7 Å². The summed E-state index contributed by atoms with van der Waals surface area (Å²) >= 11 is 0. The molecule has 2 saturated heterocycles. The van der Waals surface area contributed by atoms with Gasteiger partial charge >= 0.3 is 0 Å². The van der Waals surface area contributed by atoms with Crippen LogP contribution in [0.1, 0.15) is 31.2 Å². The highest BCUT2D eigenvalue weighted by atomic mass is 16.5. The number of nitrogens with zero attached hydrogens (tertiary/aromatic N) is 2. The average molecular weight is 684 g/mol. The van der Waals surface area contributed by atoms with E-state index in [0.29, 0.717) is 28.4 Å². The SMILES string of the molecule is COc1cc(O)c([C@H]2C3=CC[C@@H]4C(=O)N(c5ccc(Nc6ccccc6)cc5)C(=O)[C@@H]4[C@@H]3C[C@H]3C(=O)N(c4ccccc4)C(=O)[C@@]23C)c(OC)c1. The minimum Gasteiger partial charge on any atom is -0.507 e. The van der Waals surface area contributed by atoms with E-state index in [0.717, 1.165) is 16.9 Å². The number of fused-ring (bicyclic) bond motifs is 4. The number of amides is 4. The van der Waals surface area contributed by atoms with Gasteiger partial charge in [-0.2, -0.15) is 0 Å². The molecule has 2 aliphatic heterocycles. The molecule has 10 heteroatoms. The van der Waals surface area contributed by atoms with E-state index in [2.05, 4.69) is 5.32 Å². The lowest BCUT2D eigenvalue weighted by atomic mass is 9.51. The fourth-order valence-corrected chi connectivity index (χ4v) is 8.95. The van der Waals surface area contributed by atoms with E-state index in [4.69, 9.17) is 9.47 Å². The molecule has 3 fully saturated rings. The summed E-state index contributed by atoms with van der Waals surface area (Å²) < 4.78 is 11.2. The summed E-state index contributed by atoms with van der Waals surface area (Å²) in [6.07, 6.45) is 2.41. The molecule has 51 heavy (non-hydrogen) atoms. The Morgan fingerprint density at radius 1 is 0.745 bits per heavy atom. The van der Waals surface area contributed by atoms with Crippen molar-refractivity contribution in [1.29, 1.82) is 0 Å². The van der Waals surface area contributed by atoms with Gasteiger partial charge in [-0.15, -0.1) is 0 Å². The van der Waals surface area contributed by atoms with Gasteiger partial charge in [0, 0.05) is 35.0 Å². The number of hydrogen-bond acceptors (Lipinski definition) is 8. The number of allylic oxidation sites excluding steroid dienone is 2. The Kier molecular flexibility index (Phi) is 7.70. The molecule has 8 rings (SSSR count). The number of hydrogen-bond donors (Lipinski definition) is 2. The van der Waals surface area contributed by atoms with Crippen LogP contribution in [0.3, 0.4) is 0 Å². The van der Waals surface area contributed by atoms with Crippen molar-refractivity contribution < 1.29 is 33.8 Å². The zero-order valence-corrected chi connectivity index (χ0v) is 28.4. The van der Waals surface area contributed by atoms with Crippen LogP contribution in [0, 0.1) is 29.1 Å². The second-order valence-corrected chi connectivity index (χ2v) is 13.8. The minimum absolute atomic E-state index is 0.155. The Labute approximate surface area is 295 Å². The van der Waals surface area contributed by atoms with E-state index in [1.165, 1.54) is 30.1 Å². The first-order chi connectivity index (χ1) is 24.7. The molecule has 4 aromatic carbocycles. The third kappa shape index (κ3) is 4.84. The Morgan fingerprint density at radius 3 is 2.06 bits per heavy atom. The maximum Gasteiger partial charge on any atom is 0.241 e. The first-order valence-electron chi connectivity index (χ1n) is 17.1. The monoisotopic (exact) mass is 683 g/mol. The van der Waals surface area contributed by atoms with E-state index < -0.39 is 40.9 Å². The maximum absolute atomic E-state index is 14.7. The molecule has 258 valence electrons. The highest BCUT2D eigenvalue weighted by Gasteiger charge is 2.68. The van der Waals surface area contributed by atoms with Gasteiger partial charge in [0.25, 0.3) is 0 Å². The fraction of sp³-hybridized carbons (Fsp3) is 0.268. The molecule has 0 aromatic heterocycles. The summed E-state index contributed by atoms with van der Waals surface area (Å²) in [5.41, 5.74) is 2.38. The maximum atomic E-state index is 14.7. The first kappa shape index (κ1) is 32.3. The average Bonchev–Trinajstić information content (AvgIpc) is 3.52. The van der Waals surface area contributed by atoms with Crippen LogP contribution < -0.4 is 24.6 Å². The van der Waals surface area contributed by atoms with Crippen molar-refractivity contribution in [2.75, 3.05) is 29.3 Å². The van der Waals surface area contributed by atoms with Crippen LogP contribution in [-0.4, -0.2) is 43.0 Å². The number of phenols is 1. The zero-order chi connectivity index (χ0) is 35.6.